The molecule has 1 aliphatic carbocycles. The van der Waals surface area contributed by atoms with Crippen molar-refractivity contribution >= 4 is 11.9 Å². The van der Waals surface area contributed by atoms with Gasteiger partial charge in [-0.05, 0) is 25.7 Å². The molecule has 0 aromatic carbocycles. The standard InChI is InChI=1S/C12H21NO3/c1-10(14)13-12(7-3-2-4-8-12)9-5-6-11(15)16/h2-9H2,1H3,(H,13,14)(H,15,16). The highest BCUT2D eigenvalue weighted by Crippen LogP contribution is 2.32. The zero-order valence-electron chi connectivity index (χ0n) is 9.92. The Hall–Kier alpha value is -1.06. The van der Waals surface area contributed by atoms with E-state index >= 15 is 0 Å². The van der Waals surface area contributed by atoms with E-state index in [1.807, 2.05) is 0 Å². The molecule has 4 nitrogen and oxygen atoms in total. The summed E-state index contributed by atoms with van der Waals surface area (Å²) in [5, 5.41) is 11.7. The molecular formula is C12H21NO3. The molecule has 0 aromatic rings. The van der Waals surface area contributed by atoms with E-state index in [-0.39, 0.29) is 17.9 Å². The number of aliphatic carboxylic acids is 1. The van der Waals surface area contributed by atoms with Gasteiger partial charge in [-0.2, -0.15) is 0 Å². The van der Waals surface area contributed by atoms with Gasteiger partial charge in [0, 0.05) is 18.9 Å². The van der Waals surface area contributed by atoms with Crippen molar-refractivity contribution in [3.8, 4) is 0 Å². The predicted octanol–water partition coefficient (Wildman–Crippen LogP) is 2.08. The van der Waals surface area contributed by atoms with Crippen LogP contribution in [-0.2, 0) is 9.59 Å². The van der Waals surface area contributed by atoms with Crippen molar-refractivity contribution in [2.24, 2.45) is 0 Å². The van der Waals surface area contributed by atoms with Gasteiger partial charge in [0.15, 0.2) is 0 Å². The Labute approximate surface area is 96.4 Å². The van der Waals surface area contributed by atoms with Crippen molar-refractivity contribution in [1.82, 2.24) is 5.32 Å². The maximum Gasteiger partial charge on any atom is 0.303 e. The third kappa shape index (κ3) is 4.21. The van der Waals surface area contributed by atoms with Crippen LogP contribution >= 0.6 is 0 Å². The first kappa shape index (κ1) is 13.0. The summed E-state index contributed by atoms with van der Waals surface area (Å²) >= 11 is 0. The van der Waals surface area contributed by atoms with Gasteiger partial charge in [0.1, 0.15) is 0 Å². The molecule has 0 aliphatic heterocycles. The molecule has 4 heteroatoms. The maximum absolute atomic E-state index is 11.2. The van der Waals surface area contributed by atoms with Gasteiger partial charge in [-0.15, -0.1) is 0 Å². The van der Waals surface area contributed by atoms with E-state index in [4.69, 9.17) is 5.11 Å². The summed E-state index contributed by atoms with van der Waals surface area (Å²) < 4.78 is 0. The van der Waals surface area contributed by atoms with Gasteiger partial charge < -0.3 is 10.4 Å². The van der Waals surface area contributed by atoms with Crippen molar-refractivity contribution < 1.29 is 14.7 Å². The molecule has 2 N–H and O–H groups in total. The molecular weight excluding hydrogens is 206 g/mol. The van der Waals surface area contributed by atoms with E-state index in [0.717, 1.165) is 32.1 Å². The van der Waals surface area contributed by atoms with Gasteiger partial charge in [0.05, 0.1) is 0 Å². The van der Waals surface area contributed by atoms with E-state index in [2.05, 4.69) is 5.32 Å². The fourth-order valence-corrected chi connectivity index (χ4v) is 2.62. The van der Waals surface area contributed by atoms with Crippen LogP contribution in [0, 0.1) is 0 Å². The molecule has 1 fully saturated rings. The van der Waals surface area contributed by atoms with Crippen molar-refractivity contribution in [2.45, 2.75) is 63.8 Å². The van der Waals surface area contributed by atoms with Crippen molar-refractivity contribution in [2.75, 3.05) is 0 Å². The average molecular weight is 227 g/mol. The Bertz CT molecular complexity index is 257. The molecule has 0 radical (unpaired) electrons. The van der Waals surface area contributed by atoms with Gasteiger partial charge in [-0.25, -0.2) is 0 Å². The summed E-state index contributed by atoms with van der Waals surface area (Å²) in [6.07, 6.45) is 7.11. The van der Waals surface area contributed by atoms with Crippen LogP contribution in [0.1, 0.15) is 58.3 Å². The Balaban J connectivity index is 2.48. The fraction of sp³-hybridized carbons (Fsp3) is 0.833. The monoisotopic (exact) mass is 227 g/mol. The average Bonchev–Trinajstić information content (AvgIpc) is 2.17. The van der Waals surface area contributed by atoms with Crippen LogP contribution in [0.2, 0.25) is 0 Å². The Morgan fingerprint density at radius 1 is 1.25 bits per heavy atom. The van der Waals surface area contributed by atoms with Crippen LogP contribution in [0.4, 0.5) is 0 Å². The van der Waals surface area contributed by atoms with Crippen LogP contribution in [-0.4, -0.2) is 22.5 Å². The molecule has 1 amide bonds. The van der Waals surface area contributed by atoms with E-state index in [0.29, 0.717) is 6.42 Å². The number of carboxylic acid groups (broad SMARTS) is 1. The molecule has 1 aliphatic rings. The fourth-order valence-electron chi connectivity index (χ4n) is 2.62. The molecule has 16 heavy (non-hydrogen) atoms. The van der Waals surface area contributed by atoms with E-state index in [1.54, 1.807) is 0 Å². The zero-order chi connectivity index (χ0) is 12.0. The molecule has 0 aromatic heterocycles. The summed E-state index contributed by atoms with van der Waals surface area (Å²) in [5.74, 6) is -0.758. The van der Waals surface area contributed by atoms with Crippen molar-refractivity contribution in [3.63, 3.8) is 0 Å². The molecule has 1 rings (SSSR count). The second-order valence-electron chi connectivity index (χ2n) is 4.77. The summed E-state index contributed by atoms with van der Waals surface area (Å²) in [6.45, 7) is 1.54. The van der Waals surface area contributed by atoms with Gasteiger partial charge in [-0.3, -0.25) is 9.59 Å². The highest BCUT2D eigenvalue weighted by molar-refractivity contribution is 5.73. The summed E-state index contributed by atoms with van der Waals surface area (Å²) in [5.41, 5.74) is -0.125. The van der Waals surface area contributed by atoms with Crippen LogP contribution in [0.15, 0.2) is 0 Å². The smallest absolute Gasteiger partial charge is 0.303 e. The highest BCUT2D eigenvalue weighted by Gasteiger charge is 2.32. The quantitative estimate of drug-likeness (QED) is 0.755. The maximum atomic E-state index is 11.2. The van der Waals surface area contributed by atoms with Crippen LogP contribution < -0.4 is 5.32 Å². The molecule has 0 spiro atoms. The zero-order valence-corrected chi connectivity index (χ0v) is 9.92. The molecule has 1 saturated carbocycles. The molecule has 0 bridgehead atoms. The number of amides is 1. The minimum Gasteiger partial charge on any atom is -0.481 e. The lowest BCUT2D eigenvalue weighted by Crippen LogP contribution is -2.49. The minimum atomic E-state index is -0.756. The molecule has 0 atom stereocenters. The Kier molecular flexibility index (Phi) is 4.77. The summed E-state index contributed by atoms with van der Waals surface area (Å²) in [6, 6.07) is 0. The van der Waals surface area contributed by atoms with Gasteiger partial charge in [-0.1, -0.05) is 19.3 Å². The van der Waals surface area contributed by atoms with E-state index in [9.17, 15) is 9.59 Å². The number of rotatable bonds is 5. The first-order valence-corrected chi connectivity index (χ1v) is 6.05. The van der Waals surface area contributed by atoms with Gasteiger partial charge in [0.25, 0.3) is 0 Å². The van der Waals surface area contributed by atoms with E-state index < -0.39 is 5.97 Å². The number of carboxylic acids is 1. The van der Waals surface area contributed by atoms with Crippen LogP contribution in [0.25, 0.3) is 0 Å². The van der Waals surface area contributed by atoms with Crippen molar-refractivity contribution in [3.05, 3.63) is 0 Å². The number of carbonyl (C=O) groups excluding carboxylic acids is 1. The largest absolute Gasteiger partial charge is 0.481 e. The van der Waals surface area contributed by atoms with Crippen LogP contribution in [0.3, 0.4) is 0 Å². The topological polar surface area (TPSA) is 66.4 Å². The third-order valence-electron chi connectivity index (χ3n) is 3.30. The molecule has 0 unspecified atom stereocenters. The lowest BCUT2D eigenvalue weighted by atomic mass is 9.78. The third-order valence-corrected chi connectivity index (χ3v) is 3.30. The molecule has 92 valence electrons. The Morgan fingerprint density at radius 3 is 2.38 bits per heavy atom. The summed E-state index contributed by atoms with van der Waals surface area (Å²) in [7, 11) is 0. The number of hydrogen-bond donors (Lipinski definition) is 2. The second-order valence-corrected chi connectivity index (χ2v) is 4.77. The lowest BCUT2D eigenvalue weighted by Gasteiger charge is -2.38. The number of carbonyl (C=O) groups is 2. The molecule has 0 saturated heterocycles. The Morgan fingerprint density at radius 2 is 1.88 bits per heavy atom. The normalized spacial score (nSPS) is 19.1. The van der Waals surface area contributed by atoms with E-state index in [1.165, 1.54) is 13.3 Å². The number of hydrogen-bond acceptors (Lipinski definition) is 2. The second kappa shape index (κ2) is 5.87. The molecule has 0 heterocycles. The SMILES string of the molecule is CC(=O)NC1(CCCC(=O)O)CCCCC1. The highest BCUT2D eigenvalue weighted by atomic mass is 16.4. The first-order chi connectivity index (χ1) is 7.54. The number of nitrogens with one attached hydrogen (secondary N) is 1. The van der Waals surface area contributed by atoms with Gasteiger partial charge >= 0.3 is 5.97 Å². The van der Waals surface area contributed by atoms with Crippen LogP contribution in [0.5, 0.6) is 0 Å². The predicted molar refractivity (Wildman–Crippen MR) is 61.1 cm³/mol. The van der Waals surface area contributed by atoms with Crippen molar-refractivity contribution in [1.29, 1.82) is 0 Å². The first-order valence-electron chi connectivity index (χ1n) is 6.05. The lowest BCUT2D eigenvalue weighted by molar-refractivity contribution is -0.137. The van der Waals surface area contributed by atoms with Gasteiger partial charge in [0.2, 0.25) is 5.91 Å². The minimum absolute atomic E-state index is 0.00257. The summed E-state index contributed by atoms with van der Waals surface area (Å²) in [4.78, 5) is 21.7.